The minimum Gasteiger partial charge on any atom is -0.481 e. The van der Waals surface area contributed by atoms with Crippen molar-refractivity contribution in [2.75, 3.05) is 5.32 Å². The number of carbonyl (C=O) groups is 2. The van der Waals surface area contributed by atoms with E-state index in [4.69, 9.17) is 9.84 Å². The smallest absolute Gasteiger partial charge is 0.309 e. The van der Waals surface area contributed by atoms with Crippen LogP contribution in [0.3, 0.4) is 0 Å². The van der Waals surface area contributed by atoms with Gasteiger partial charge in [-0.2, -0.15) is 0 Å². The number of carboxylic acid groups (broad SMARTS) is 1. The fourth-order valence-corrected chi connectivity index (χ4v) is 6.71. The van der Waals surface area contributed by atoms with Crippen LogP contribution in [0.1, 0.15) is 49.5 Å². The number of aliphatic carboxylic acids is 1. The fraction of sp³-hybridized carbons (Fsp3) is 0.320. The van der Waals surface area contributed by atoms with Crippen LogP contribution in [0.5, 0.6) is 5.75 Å². The summed E-state index contributed by atoms with van der Waals surface area (Å²) in [6.45, 7) is 0. The summed E-state index contributed by atoms with van der Waals surface area (Å²) >= 11 is 1.00. The van der Waals surface area contributed by atoms with Crippen LogP contribution in [0.15, 0.2) is 52.7 Å². The molecule has 12 heteroatoms. The highest BCUT2D eigenvalue weighted by molar-refractivity contribution is 7.92. The number of aromatic nitrogens is 1. The highest BCUT2D eigenvalue weighted by atomic mass is 32.2. The van der Waals surface area contributed by atoms with E-state index in [1.807, 2.05) is 0 Å². The van der Waals surface area contributed by atoms with E-state index in [0.29, 0.717) is 18.9 Å². The first-order valence-corrected chi connectivity index (χ1v) is 14.0. The largest absolute Gasteiger partial charge is 0.481 e. The lowest BCUT2D eigenvalue weighted by Gasteiger charge is -2.22. The summed E-state index contributed by atoms with van der Waals surface area (Å²) in [6, 6.07) is 8.24. The Balaban J connectivity index is 1.61. The standard InChI is InChI=1S/C25H24F2N2O6S2/c26-16-8-11-21(20(27)12-16)35-23(24(32)29-25-28-17(14-36-25)13-22(30)31)15-6-9-19(10-7-15)37(33,34)18-4-2-1-3-5-18/h6-12,14,18,23H,1-5,13H2,(H,30,31)(H,28,29,32). The topological polar surface area (TPSA) is 123 Å². The Morgan fingerprint density at radius 2 is 1.81 bits per heavy atom. The van der Waals surface area contributed by atoms with E-state index in [1.54, 1.807) is 0 Å². The van der Waals surface area contributed by atoms with Crippen molar-refractivity contribution in [2.45, 2.75) is 54.8 Å². The van der Waals surface area contributed by atoms with Gasteiger partial charge in [0.15, 0.2) is 26.5 Å². The van der Waals surface area contributed by atoms with Crippen LogP contribution in [0.4, 0.5) is 13.9 Å². The van der Waals surface area contributed by atoms with Gasteiger partial charge >= 0.3 is 5.97 Å². The number of carboxylic acids is 1. The predicted molar refractivity (Wildman–Crippen MR) is 132 cm³/mol. The van der Waals surface area contributed by atoms with E-state index in [1.165, 1.54) is 29.6 Å². The Bertz CT molecular complexity index is 1390. The fourth-order valence-electron chi connectivity index (χ4n) is 4.14. The predicted octanol–water partition coefficient (Wildman–Crippen LogP) is 4.91. The SMILES string of the molecule is O=C(O)Cc1csc(NC(=O)C(Oc2ccc(F)cc2F)c2ccc(S(=O)(=O)C3CCCCC3)cc2)n1. The zero-order chi connectivity index (χ0) is 26.6. The average Bonchev–Trinajstić information content (AvgIpc) is 3.30. The molecule has 1 aliphatic rings. The second kappa shape index (κ2) is 11.3. The second-order valence-electron chi connectivity index (χ2n) is 8.65. The van der Waals surface area contributed by atoms with Crippen molar-refractivity contribution in [1.29, 1.82) is 0 Å². The number of hydrogen-bond donors (Lipinski definition) is 2. The molecule has 1 heterocycles. The van der Waals surface area contributed by atoms with Crippen LogP contribution < -0.4 is 10.1 Å². The van der Waals surface area contributed by atoms with E-state index in [9.17, 15) is 26.8 Å². The molecule has 1 aliphatic carbocycles. The molecule has 37 heavy (non-hydrogen) atoms. The Morgan fingerprint density at radius 3 is 2.46 bits per heavy atom. The number of ether oxygens (including phenoxy) is 1. The van der Waals surface area contributed by atoms with Gasteiger partial charge in [0, 0.05) is 17.0 Å². The second-order valence-corrected chi connectivity index (χ2v) is 11.7. The molecule has 1 aromatic heterocycles. The quantitative estimate of drug-likeness (QED) is 0.388. The van der Waals surface area contributed by atoms with Gasteiger partial charge in [-0.15, -0.1) is 11.3 Å². The van der Waals surface area contributed by atoms with Gasteiger partial charge in [-0.25, -0.2) is 22.2 Å². The number of thiazole rings is 1. The first kappa shape index (κ1) is 26.7. The number of anilines is 1. The Labute approximate surface area is 216 Å². The number of amides is 1. The number of hydrogen-bond acceptors (Lipinski definition) is 7. The normalized spacial score (nSPS) is 15.2. The van der Waals surface area contributed by atoms with Crippen LogP contribution in [-0.4, -0.2) is 35.6 Å². The molecule has 2 N–H and O–H groups in total. The van der Waals surface area contributed by atoms with Crippen LogP contribution in [0.2, 0.25) is 0 Å². The molecule has 1 atom stereocenters. The van der Waals surface area contributed by atoms with E-state index in [0.717, 1.165) is 42.7 Å². The molecular formula is C25H24F2N2O6S2. The zero-order valence-electron chi connectivity index (χ0n) is 19.5. The maximum atomic E-state index is 14.3. The third-order valence-electron chi connectivity index (χ3n) is 5.99. The summed E-state index contributed by atoms with van der Waals surface area (Å²) in [5.41, 5.74) is 0.471. The van der Waals surface area contributed by atoms with Gasteiger partial charge in [-0.1, -0.05) is 31.4 Å². The third-order valence-corrected chi connectivity index (χ3v) is 9.08. The molecule has 0 saturated heterocycles. The molecule has 1 saturated carbocycles. The first-order chi connectivity index (χ1) is 17.6. The van der Waals surface area contributed by atoms with Gasteiger partial charge < -0.3 is 9.84 Å². The molecule has 0 radical (unpaired) electrons. The number of carbonyl (C=O) groups excluding carboxylic acids is 1. The van der Waals surface area contributed by atoms with Crippen LogP contribution in [0, 0.1) is 11.6 Å². The van der Waals surface area contributed by atoms with Gasteiger partial charge in [0.05, 0.1) is 22.3 Å². The average molecular weight is 551 g/mol. The van der Waals surface area contributed by atoms with E-state index >= 15 is 0 Å². The molecule has 0 spiro atoms. The molecule has 0 aliphatic heterocycles. The molecule has 196 valence electrons. The van der Waals surface area contributed by atoms with Crippen molar-refractivity contribution in [3.63, 3.8) is 0 Å². The van der Waals surface area contributed by atoms with Crippen molar-refractivity contribution in [3.8, 4) is 5.75 Å². The van der Waals surface area contributed by atoms with E-state index in [-0.39, 0.29) is 33.5 Å². The lowest BCUT2D eigenvalue weighted by molar-refractivity contribution is -0.136. The molecule has 4 rings (SSSR count). The molecule has 2 aromatic carbocycles. The number of benzene rings is 2. The third kappa shape index (κ3) is 6.50. The molecule has 1 unspecified atom stereocenters. The van der Waals surface area contributed by atoms with Crippen molar-refractivity contribution in [3.05, 3.63) is 70.7 Å². The van der Waals surface area contributed by atoms with Gasteiger partial charge in [0.2, 0.25) is 6.10 Å². The Hall–Kier alpha value is -3.38. The van der Waals surface area contributed by atoms with Crippen LogP contribution in [-0.2, 0) is 25.8 Å². The van der Waals surface area contributed by atoms with Crippen molar-refractivity contribution in [2.24, 2.45) is 0 Å². The van der Waals surface area contributed by atoms with Crippen LogP contribution >= 0.6 is 11.3 Å². The monoisotopic (exact) mass is 550 g/mol. The minimum atomic E-state index is -3.55. The molecular weight excluding hydrogens is 526 g/mol. The number of rotatable bonds is 9. The Morgan fingerprint density at radius 1 is 1.11 bits per heavy atom. The lowest BCUT2D eigenvalue weighted by Crippen LogP contribution is -2.26. The van der Waals surface area contributed by atoms with Crippen molar-refractivity contribution in [1.82, 2.24) is 4.98 Å². The van der Waals surface area contributed by atoms with E-state index in [2.05, 4.69) is 10.3 Å². The summed E-state index contributed by atoms with van der Waals surface area (Å²) in [5, 5.41) is 12.6. The summed E-state index contributed by atoms with van der Waals surface area (Å²) in [4.78, 5) is 28.2. The Kier molecular flexibility index (Phi) is 8.18. The lowest BCUT2D eigenvalue weighted by atomic mass is 10.0. The first-order valence-electron chi connectivity index (χ1n) is 11.6. The highest BCUT2D eigenvalue weighted by Gasteiger charge is 2.30. The number of sulfone groups is 1. The number of nitrogens with zero attached hydrogens (tertiary/aromatic N) is 1. The van der Waals surface area contributed by atoms with E-state index < -0.39 is 44.7 Å². The summed E-state index contributed by atoms with van der Waals surface area (Å²) in [7, 11) is -3.55. The maximum Gasteiger partial charge on any atom is 0.309 e. The highest BCUT2D eigenvalue weighted by Crippen LogP contribution is 2.31. The maximum absolute atomic E-state index is 14.3. The molecule has 8 nitrogen and oxygen atoms in total. The molecule has 3 aromatic rings. The summed E-state index contributed by atoms with van der Waals surface area (Å²) in [5.74, 6) is -4.07. The minimum absolute atomic E-state index is 0.103. The molecule has 1 fully saturated rings. The zero-order valence-corrected chi connectivity index (χ0v) is 21.2. The van der Waals surface area contributed by atoms with Gasteiger partial charge in [-0.3, -0.25) is 14.9 Å². The van der Waals surface area contributed by atoms with Gasteiger partial charge in [0.1, 0.15) is 5.82 Å². The van der Waals surface area contributed by atoms with Crippen molar-refractivity contribution < 1.29 is 36.6 Å². The molecule has 1 amide bonds. The summed E-state index contributed by atoms with van der Waals surface area (Å²) in [6.07, 6.45) is 2.14. The number of nitrogens with one attached hydrogen (secondary N) is 1. The number of halogens is 2. The summed E-state index contributed by atoms with van der Waals surface area (Å²) < 4.78 is 59.4. The van der Waals surface area contributed by atoms with Gasteiger partial charge in [-0.05, 0) is 37.1 Å². The van der Waals surface area contributed by atoms with Crippen molar-refractivity contribution >= 4 is 38.2 Å². The van der Waals surface area contributed by atoms with Crippen LogP contribution in [0.25, 0.3) is 0 Å². The molecule has 0 bridgehead atoms. The van der Waals surface area contributed by atoms with Gasteiger partial charge in [0.25, 0.3) is 5.91 Å².